The van der Waals surface area contributed by atoms with Crippen LogP contribution in [0.15, 0.2) is 39.8 Å². The van der Waals surface area contributed by atoms with Crippen LogP contribution in [0.25, 0.3) is 11.3 Å². The van der Waals surface area contributed by atoms with Crippen LogP contribution in [0.3, 0.4) is 0 Å². The van der Waals surface area contributed by atoms with Gasteiger partial charge in [0.15, 0.2) is 0 Å². The van der Waals surface area contributed by atoms with E-state index in [2.05, 4.69) is 36.3 Å². The summed E-state index contributed by atoms with van der Waals surface area (Å²) in [4.78, 5) is 11.6. The minimum Gasteiger partial charge on any atom is -0.471 e. The van der Waals surface area contributed by atoms with Crippen molar-refractivity contribution in [3.05, 3.63) is 56.8 Å². The van der Waals surface area contributed by atoms with Crippen LogP contribution >= 0.6 is 27.5 Å². The summed E-state index contributed by atoms with van der Waals surface area (Å²) in [6.07, 6.45) is 1.75. The molecule has 3 aromatic rings. The number of nitriles is 1. The van der Waals surface area contributed by atoms with Crippen molar-refractivity contribution >= 4 is 39.5 Å². The maximum absolute atomic E-state index is 13.2. The zero-order valence-electron chi connectivity index (χ0n) is 16.7. The van der Waals surface area contributed by atoms with Gasteiger partial charge in [-0.05, 0) is 71.6 Å². The molecule has 0 fully saturated rings. The van der Waals surface area contributed by atoms with Crippen molar-refractivity contribution < 1.29 is 9.13 Å². The lowest BCUT2D eigenvalue weighted by Crippen LogP contribution is -2.14. The van der Waals surface area contributed by atoms with Gasteiger partial charge in [0.2, 0.25) is 5.88 Å². The highest BCUT2D eigenvalue weighted by atomic mass is 79.9. The summed E-state index contributed by atoms with van der Waals surface area (Å²) in [5, 5.41) is 9.60. The fraction of sp³-hybridized carbons (Fsp3) is 0.238. The molecule has 154 valence electrons. The molecular weight excluding hydrogens is 469 g/mol. The summed E-state index contributed by atoms with van der Waals surface area (Å²) >= 11 is 4.66. The third kappa shape index (κ3) is 5.01. The minimum absolute atomic E-state index is 0.147. The van der Waals surface area contributed by atoms with Gasteiger partial charge in [0, 0.05) is 19.2 Å². The first-order chi connectivity index (χ1) is 14.4. The molecule has 9 heteroatoms. The van der Waals surface area contributed by atoms with Crippen molar-refractivity contribution in [3.63, 3.8) is 0 Å². The molecule has 0 bridgehead atoms. The van der Waals surface area contributed by atoms with Gasteiger partial charge in [0.25, 0.3) is 0 Å². The molecule has 0 spiro atoms. The Hall–Kier alpha value is -2.83. The van der Waals surface area contributed by atoms with Gasteiger partial charge >= 0.3 is 0 Å². The van der Waals surface area contributed by atoms with Crippen molar-refractivity contribution in [2.75, 3.05) is 13.6 Å². The van der Waals surface area contributed by atoms with Crippen LogP contribution < -0.4 is 4.74 Å². The molecule has 0 aliphatic heterocycles. The standard InChI is InChI=1S/C21H19BrFN5OS/c1-4-28(3)12-25-18-9-17(22)21(26-13(18)2)29-11-19-16(10-24)20(27-30-19)14-5-7-15(23)8-6-14/h5-9,12H,4,11H2,1-3H3/b25-12+. The molecule has 2 heterocycles. The normalized spacial score (nSPS) is 10.9. The topological polar surface area (TPSA) is 74.4 Å². The monoisotopic (exact) mass is 487 g/mol. The van der Waals surface area contributed by atoms with Gasteiger partial charge in [0.05, 0.1) is 32.6 Å². The third-order valence-corrected chi connectivity index (χ3v) is 5.72. The Morgan fingerprint density at radius 3 is 2.77 bits per heavy atom. The number of pyridine rings is 1. The Bertz CT molecular complexity index is 1110. The zero-order chi connectivity index (χ0) is 21.7. The van der Waals surface area contributed by atoms with Crippen molar-refractivity contribution in [2.24, 2.45) is 4.99 Å². The second kappa shape index (κ2) is 9.78. The Labute approximate surface area is 187 Å². The molecule has 2 aromatic heterocycles. The van der Waals surface area contributed by atoms with Crippen molar-refractivity contribution in [1.29, 1.82) is 5.26 Å². The van der Waals surface area contributed by atoms with Gasteiger partial charge in [0.1, 0.15) is 24.2 Å². The highest BCUT2D eigenvalue weighted by molar-refractivity contribution is 9.10. The second-order valence-electron chi connectivity index (χ2n) is 6.43. The van der Waals surface area contributed by atoms with E-state index in [0.717, 1.165) is 17.9 Å². The summed E-state index contributed by atoms with van der Waals surface area (Å²) in [6.45, 7) is 4.90. The number of aryl methyl sites for hydroxylation is 1. The minimum atomic E-state index is -0.337. The van der Waals surface area contributed by atoms with Crippen molar-refractivity contribution in [2.45, 2.75) is 20.5 Å². The van der Waals surface area contributed by atoms with Crippen LogP contribution in [0.4, 0.5) is 10.1 Å². The second-order valence-corrected chi connectivity index (χ2v) is 8.15. The maximum atomic E-state index is 13.2. The Kier molecular flexibility index (Phi) is 7.13. The number of nitrogens with zero attached hydrogens (tertiary/aromatic N) is 5. The lowest BCUT2D eigenvalue weighted by atomic mass is 10.1. The smallest absolute Gasteiger partial charge is 0.228 e. The summed E-state index contributed by atoms with van der Waals surface area (Å²) in [7, 11) is 1.95. The van der Waals surface area contributed by atoms with Crippen molar-refractivity contribution in [1.82, 2.24) is 14.3 Å². The molecule has 1 aromatic carbocycles. The quantitative estimate of drug-likeness (QED) is 0.325. The van der Waals surface area contributed by atoms with E-state index in [1.54, 1.807) is 18.5 Å². The molecule has 30 heavy (non-hydrogen) atoms. The molecule has 0 unspecified atom stereocenters. The molecule has 0 saturated heterocycles. The van der Waals surface area contributed by atoms with Gasteiger partial charge in [-0.3, -0.25) is 0 Å². The zero-order valence-corrected chi connectivity index (χ0v) is 19.1. The predicted octanol–water partition coefficient (Wildman–Crippen LogP) is 5.48. The third-order valence-electron chi connectivity index (χ3n) is 4.33. The molecule has 3 rings (SSSR count). The van der Waals surface area contributed by atoms with E-state index in [9.17, 15) is 9.65 Å². The predicted molar refractivity (Wildman–Crippen MR) is 120 cm³/mol. The van der Waals surface area contributed by atoms with Crippen LogP contribution in [-0.4, -0.2) is 34.2 Å². The molecular formula is C21H19BrFN5OS. The number of aromatic nitrogens is 2. The maximum Gasteiger partial charge on any atom is 0.228 e. The van der Waals surface area contributed by atoms with Crippen molar-refractivity contribution in [3.8, 4) is 23.2 Å². The molecule has 0 atom stereocenters. The number of hydrogen-bond acceptors (Lipinski definition) is 6. The molecule has 0 radical (unpaired) electrons. The van der Waals surface area contributed by atoms with Crippen LogP contribution in [-0.2, 0) is 6.61 Å². The first kappa shape index (κ1) is 21.9. The number of hydrogen-bond donors (Lipinski definition) is 0. The van der Waals surface area contributed by atoms with E-state index >= 15 is 0 Å². The number of halogens is 2. The van der Waals surface area contributed by atoms with Crippen LogP contribution in [0, 0.1) is 24.1 Å². The largest absolute Gasteiger partial charge is 0.471 e. The number of ether oxygens (including phenoxy) is 1. The highest BCUT2D eigenvalue weighted by Gasteiger charge is 2.17. The Morgan fingerprint density at radius 1 is 1.37 bits per heavy atom. The van der Waals surface area contributed by atoms with Gasteiger partial charge in [-0.1, -0.05) is 0 Å². The first-order valence-corrected chi connectivity index (χ1v) is 10.7. The molecule has 0 aliphatic rings. The summed E-state index contributed by atoms with van der Waals surface area (Å²) in [5.41, 5.74) is 3.09. The molecule has 0 aliphatic carbocycles. The average molecular weight is 488 g/mol. The molecule has 6 nitrogen and oxygen atoms in total. The Morgan fingerprint density at radius 2 is 2.10 bits per heavy atom. The van der Waals surface area contributed by atoms with Crippen LogP contribution in [0.2, 0.25) is 0 Å². The number of benzene rings is 1. The van der Waals surface area contributed by atoms with Gasteiger partial charge < -0.3 is 9.64 Å². The van der Waals surface area contributed by atoms with Crippen LogP contribution in [0.5, 0.6) is 5.88 Å². The van der Waals surface area contributed by atoms with E-state index in [4.69, 9.17) is 4.74 Å². The van der Waals surface area contributed by atoms with Crippen LogP contribution in [0.1, 0.15) is 23.1 Å². The molecule has 0 saturated carbocycles. The fourth-order valence-electron chi connectivity index (χ4n) is 2.50. The van der Waals surface area contributed by atoms with E-state index in [0.29, 0.717) is 32.1 Å². The lowest BCUT2D eigenvalue weighted by Gasteiger charge is -2.11. The first-order valence-electron chi connectivity index (χ1n) is 9.11. The number of aliphatic imine (C=N–C) groups is 1. The summed E-state index contributed by atoms with van der Waals surface area (Å²) < 4.78 is 24.1. The summed E-state index contributed by atoms with van der Waals surface area (Å²) in [5.74, 6) is 0.0763. The fourth-order valence-corrected chi connectivity index (χ4v) is 3.66. The molecule has 0 amide bonds. The lowest BCUT2D eigenvalue weighted by molar-refractivity contribution is 0.294. The van der Waals surface area contributed by atoms with Gasteiger partial charge in [-0.15, -0.1) is 0 Å². The summed E-state index contributed by atoms with van der Waals surface area (Å²) in [6, 6.07) is 9.92. The number of rotatable bonds is 7. The van der Waals surface area contributed by atoms with E-state index in [-0.39, 0.29) is 12.4 Å². The highest BCUT2D eigenvalue weighted by Crippen LogP contribution is 2.32. The van der Waals surface area contributed by atoms with Gasteiger partial charge in [-0.25, -0.2) is 14.4 Å². The van der Waals surface area contributed by atoms with E-state index in [1.165, 1.54) is 23.7 Å². The molecule has 0 N–H and O–H groups in total. The Balaban J connectivity index is 1.79. The van der Waals surface area contributed by atoms with E-state index < -0.39 is 0 Å². The SMILES string of the molecule is CCN(C)/C=N/c1cc(Br)c(OCc2snc(-c3ccc(F)cc3)c2C#N)nc1C. The van der Waals surface area contributed by atoms with Gasteiger partial charge in [-0.2, -0.15) is 9.64 Å². The van der Waals surface area contributed by atoms with E-state index in [1.807, 2.05) is 31.9 Å². The average Bonchev–Trinajstić information content (AvgIpc) is 3.16.